The lowest BCUT2D eigenvalue weighted by Crippen LogP contribution is -2.09. The quantitative estimate of drug-likeness (QED) is 0.371. The summed E-state index contributed by atoms with van der Waals surface area (Å²) in [6.45, 7) is 4.80. The van der Waals surface area contributed by atoms with Gasteiger partial charge in [-0.05, 0) is 36.5 Å². The standard InChI is InChI=1S/C18H19F3S.C2H4F2/c1-3-13(2)15-10-7-11-16(18(19,20)21)17(15)22-12-14-8-5-4-6-9-14;1-2(3)4/h4-11,13H,3,12H2,1-2H3;2H,1H3. The molecule has 1 atom stereocenters. The Morgan fingerprint density at radius 2 is 1.50 bits per heavy atom. The highest BCUT2D eigenvalue weighted by atomic mass is 32.2. The number of hydrogen-bond donors (Lipinski definition) is 0. The molecule has 0 radical (unpaired) electrons. The highest BCUT2D eigenvalue weighted by Gasteiger charge is 2.34. The topological polar surface area (TPSA) is 0 Å². The molecule has 2 rings (SSSR count). The molecule has 0 saturated carbocycles. The molecule has 6 heteroatoms. The average Bonchev–Trinajstić information content (AvgIpc) is 2.58. The smallest absolute Gasteiger partial charge is 0.211 e. The molecule has 0 heterocycles. The van der Waals surface area contributed by atoms with Crippen molar-refractivity contribution in [1.29, 1.82) is 0 Å². The van der Waals surface area contributed by atoms with Gasteiger partial charge < -0.3 is 0 Å². The van der Waals surface area contributed by atoms with Crippen molar-refractivity contribution in [3.63, 3.8) is 0 Å². The van der Waals surface area contributed by atoms with Gasteiger partial charge in [0, 0.05) is 10.6 Å². The Balaban J connectivity index is 0.000000765. The van der Waals surface area contributed by atoms with Gasteiger partial charge in [0.1, 0.15) is 0 Å². The van der Waals surface area contributed by atoms with Crippen LogP contribution in [0.4, 0.5) is 22.0 Å². The van der Waals surface area contributed by atoms with E-state index in [4.69, 9.17) is 0 Å². The van der Waals surface area contributed by atoms with E-state index in [1.807, 2.05) is 50.2 Å². The van der Waals surface area contributed by atoms with Gasteiger partial charge in [0.2, 0.25) is 6.43 Å². The molecule has 0 aliphatic carbocycles. The predicted octanol–water partition coefficient (Wildman–Crippen LogP) is 7.78. The van der Waals surface area contributed by atoms with Crippen molar-refractivity contribution in [2.24, 2.45) is 0 Å². The van der Waals surface area contributed by atoms with Crippen LogP contribution in [0.25, 0.3) is 0 Å². The third-order valence-corrected chi connectivity index (χ3v) is 4.94. The molecule has 144 valence electrons. The molecule has 2 aromatic rings. The number of thioether (sulfide) groups is 1. The normalized spacial score (nSPS) is 12.5. The third kappa shape index (κ3) is 7.36. The Labute approximate surface area is 155 Å². The van der Waals surface area contributed by atoms with Crippen molar-refractivity contribution in [1.82, 2.24) is 0 Å². The predicted molar refractivity (Wildman–Crippen MR) is 97.8 cm³/mol. The molecule has 0 aliphatic rings. The highest BCUT2D eigenvalue weighted by Crippen LogP contribution is 2.42. The van der Waals surface area contributed by atoms with Gasteiger partial charge in [0.05, 0.1) is 5.56 Å². The second-order valence-corrected chi connectivity index (χ2v) is 6.81. The molecule has 0 N–H and O–H groups in total. The number of hydrogen-bond acceptors (Lipinski definition) is 1. The Morgan fingerprint density at radius 1 is 0.923 bits per heavy atom. The first kappa shape index (κ1) is 22.5. The van der Waals surface area contributed by atoms with Crippen molar-refractivity contribution >= 4 is 11.8 Å². The van der Waals surface area contributed by atoms with Gasteiger partial charge in [-0.3, -0.25) is 0 Å². The van der Waals surface area contributed by atoms with Crippen LogP contribution >= 0.6 is 11.8 Å². The van der Waals surface area contributed by atoms with E-state index in [0.29, 0.717) is 10.6 Å². The zero-order valence-corrected chi connectivity index (χ0v) is 15.8. The summed E-state index contributed by atoms with van der Waals surface area (Å²) in [4.78, 5) is 0.369. The summed E-state index contributed by atoms with van der Waals surface area (Å²) in [5.41, 5.74) is 1.30. The minimum Gasteiger partial charge on any atom is -0.211 e. The molecule has 0 bridgehead atoms. The maximum absolute atomic E-state index is 13.3. The number of halogens is 5. The summed E-state index contributed by atoms with van der Waals surface area (Å²) in [6, 6.07) is 14.1. The molecular formula is C20H23F5S. The lowest BCUT2D eigenvalue weighted by molar-refractivity contribution is -0.139. The summed E-state index contributed by atoms with van der Waals surface area (Å²) in [5, 5.41) is 0. The Morgan fingerprint density at radius 3 is 2.00 bits per heavy atom. The zero-order chi connectivity index (χ0) is 19.7. The maximum Gasteiger partial charge on any atom is 0.417 e. The summed E-state index contributed by atoms with van der Waals surface area (Å²) < 4.78 is 60.6. The molecule has 0 spiro atoms. The van der Waals surface area contributed by atoms with Gasteiger partial charge in [-0.1, -0.05) is 56.3 Å². The molecule has 1 unspecified atom stereocenters. The van der Waals surface area contributed by atoms with Crippen molar-refractivity contribution in [3.8, 4) is 0 Å². The second kappa shape index (κ2) is 10.6. The van der Waals surface area contributed by atoms with Gasteiger partial charge in [-0.2, -0.15) is 13.2 Å². The van der Waals surface area contributed by atoms with Crippen molar-refractivity contribution in [3.05, 3.63) is 65.2 Å². The molecular weight excluding hydrogens is 367 g/mol. The number of alkyl halides is 5. The van der Waals surface area contributed by atoms with Crippen LogP contribution in [0.15, 0.2) is 53.4 Å². The van der Waals surface area contributed by atoms with Gasteiger partial charge in [0.25, 0.3) is 0 Å². The van der Waals surface area contributed by atoms with Crippen LogP contribution < -0.4 is 0 Å². The molecule has 0 aromatic heterocycles. The first-order valence-electron chi connectivity index (χ1n) is 8.31. The molecule has 0 saturated heterocycles. The fourth-order valence-corrected chi connectivity index (χ4v) is 3.56. The van der Waals surface area contributed by atoms with Crippen LogP contribution in [0.1, 0.15) is 49.8 Å². The molecule has 26 heavy (non-hydrogen) atoms. The minimum atomic E-state index is -4.32. The molecule has 0 amide bonds. The van der Waals surface area contributed by atoms with Gasteiger partial charge in [-0.15, -0.1) is 11.8 Å². The van der Waals surface area contributed by atoms with Crippen LogP contribution in [-0.4, -0.2) is 6.43 Å². The molecule has 2 aromatic carbocycles. The van der Waals surface area contributed by atoms with Crippen LogP contribution in [0.2, 0.25) is 0 Å². The number of rotatable bonds is 5. The third-order valence-electron chi connectivity index (χ3n) is 3.72. The van der Waals surface area contributed by atoms with Gasteiger partial charge in [0.15, 0.2) is 0 Å². The Kier molecular flexibility index (Phi) is 9.13. The van der Waals surface area contributed by atoms with Gasteiger partial charge in [-0.25, -0.2) is 8.78 Å². The lowest BCUT2D eigenvalue weighted by atomic mass is 9.96. The SMILES string of the molecule is CC(F)F.CCC(C)c1cccc(C(F)(F)F)c1SCc1ccccc1. The Hall–Kier alpha value is -1.56. The van der Waals surface area contributed by atoms with Gasteiger partial charge >= 0.3 is 6.18 Å². The fraction of sp³-hybridized carbons (Fsp3) is 0.400. The largest absolute Gasteiger partial charge is 0.417 e. The number of benzene rings is 2. The monoisotopic (exact) mass is 390 g/mol. The summed E-state index contributed by atoms with van der Waals surface area (Å²) in [6.07, 6.45) is -5.66. The van der Waals surface area contributed by atoms with E-state index in [-0.39, 0.29) is 5.92 Å². The van der Waals surface area contributed by atoms with Crippen molar-refractivity contribution < 1.29 is 22.0 Å². The summed E-state index contributed by atoms with van der Waals surface area (Å²) in [5.74, 6) is 0.651. The van der Waals surface area contributed by atoms with E-state index in [0.717, 1.165) is 24.5 Å². The van der Waals surface area contributed by atoms with E-state index in [1.54, 1.807) is 0 Å². The van der Waals surface area contributed by atoms with E-state index >= 15 is 0 Å². The first-order valence-corrected chi connectivity index (χ1v) is 9.30. The zero-order valence-electron chi connectivity index (χ0n) is 15.0. The first-order chi connectivity index (χ1) is 12.2. The average molecular weight is 390 g/mol. The minimum absolute atomic E-state index is 0.112. The summed E-state index contributed by atoms with van der Waals surface area (Å²) >= 11 is 1.28. The van der Waals surface area contributed by atoms with E-state index in [2.05, 4.69) is 0 Å². The molecule has 0 nitrogen and oxygen atoms in total. The van der Waals surface area contributed by atoms with Crippen LogP contribution in [0.5, 0.6) is 0 Å². The van der Waals surface area contributed by atoms with E-state index in [9.17, 15) is 22.0 Å². The van der Waals surface area contributed by atoms with E-state index in [1.165, 1.54) is 23.9 Å². The molecule has 0 fully saturated rings. The highest BCUT2D eigenvalue weighted by molar-refractivity contribution is 7.98. The lowest BCUT2D eigenvalue weighted by Gasteiger charge is -2.19. The van der Waals surface area contributed by atoms with Crippen LogP contribution in [0.3, 0.4) is 0 Å². The van der Waals surface area contributed by atoms with Crippen LogP contribution in [-0.2, 0) is 11.9 Å². The van der Waals surface area contributed by atoms with Crippen LogP contribution in [0, 0.1) is 0 Å². The van der Waals surface area contributed by atoms with Crippen molar-refractivity contribution in [2.45, 2.75) is 56.4 Å². The maximum atomic E-state index is 13.3. The van der Waals surface area contributed by atoms with E-state index < -0.39 is 18.2 Å². The van der Waals surface area contributed by atoms with Crippen molar-refractivity contribution in [2.75, 3.05) is 0 Å². The molecule has 0 aliphatic heterocycles. The Bertz CT molecular complexity index is 650. The second-order valence-electron chi connectivity index (χ2n) is 5.82. The summed E-state index contributed by atoms with van der Waals surface area (Å²) in [7, 11) is 0. The fourth-order valence-electron chi connectivity index (χ4n) is 2.28.